The first-order valence-electron chi connectivity index (χ1n) is 12.0. The first-order valence-corrected chi connectivity index (χ1v) is 12.0. The molecule has 0 radical (unpaired) electrons. The third kappa shape index (κ3) is 3.34. The third-order valence-corrected chi connectivity index (χ3v) is 8.05. The summed E-state index contributed by atoms with van der Waals surface area (Å²) in [6.07, 6.45) is 3.60. The molecule has 166 valence electrons. The predicted molar refractivity (Wildman–Crippen MR) is 122 cm³/mol. The van der Waals surface area contributed by atoms with Crippen LogP contribution in [0.4, 0.5) is 4.79 Å². The molecule has 4 aliphatic rings. The van der Waals surface area contributed by atoms with Crippen LogP contribution in [0.3, 0.4) is 0 Å². The zero-order valence-electron chi connectivity index (χ0n) is 18.4. The standard InChI is InChI=1S/C27H30N2O3/c30-20-15-19-16-29(14-11-25(19)32-17-20)27(31)28-12-9-18(10-13-28)26-23-7-3-1-5-21(23)22-6-2-4-8-24(22)26/h1-8,18-19,25-26H,9-17H2/t19-,25+/m1/s1. The van der Waals surface area contributed by atoms with Gasteiger partial charge in [-0.3, -0.25) is 4.79 Å². The van der Waals surface area contributed by atoms with Crippen LogP contribution in [0.1, 0.15) is 42.7 Å². The van der Waals surface area contributed by atoms with E-state index in [4.69, 9.17) is 4.74 Å². The largest absolute Gasteiger partial charge is 0.370 e. The predicted octanol–water partition coefficient (Wildman–Crippen LogP) is 4.31. The van der Waals surface area contributed by atoms with E-state index in [0.29, 0.717) is 24.8 Å². The second-order valence-electron chi connectivity index (χ2n) is 9.85. The van der Waals surface area contributed by atoms with E-state index < -0.39 is 0 Å². The summed E-state index contributed by atoms with van der Waals surface area (Å²) < 4.78 is 5.70. The van der Waals surface area contributed by atoms with Gasteiger partial charge in [0.15, 0.2) is 5.78 Å². The summed E-state index contributed by atoms with van der Waals surface area (Å²) in [7, 11) is 0. The highest BCUT2D eigenvalue weighted by Crippen LogP contribution is 2.50. The minimum absolute atomic E-state index is 0.144. The summed E-state index contributed by atoms with van der Waals surface area (Å²) in [6.45, 7) is 3.25. The number of hydrogen-bond donors (Lipinski definition) is 0. The van der Waals surface area contributed by atoms with Gasteiger partial charge in [-0.1, -0.05) is 48.5 Å². The van der Waals surface area contributed by atoms with Crippen molar-refractivity contribution in [2.45, 2.75) is 37.7 Å². The Hall–Kier alpha value is -2.66. The highest BCUT2D eigenvalue weighted by molar-refractivity contribution is 5.81. The number of carbonyl (C=O) groups excluding carboxylic acids is 2. The molecule has 2 atom stereocenters. The molecule has 0 bridgehead atoms. The first kappa shape index (κ1) is 20.0. The van der Waals surface area contributed by atoms with E-state index in [2.05, 4.69) is 48.5 Å². The van der Waals surface area contributed by atoms with Gasteiger partial charge >= 0.3 is 6.03 Å². The van der Waals surface area contributed by atoms with Gasteiger partial charge in [0.1, 0.15) is 6.61 Å². The molecule has 0 spiro atoms. The molecule has 5 heteroatoms. The van der Waals surface area contributed by atoms with Crippen LogP contribution < -0.4 is 0 Å². The lowest BCUT2D eigenvalue weighted by Gasteiger charge is -2.43. The number of amides is 2. The molecule has 3 fully saturated rings. The van der Waals surface area contributed by atoms with Crippen molar-refractivity contribution in [3.63, 3.8) is 0 Å². The number of ketones is 1. The van der Waals surface area contributed by atoms with Crippen LogP contribution in [0.25, 0.3) is 11.1 Å². The average molecular weight is 431 g/mol. The Bertz CT molecular complexity index is 997. The van der Waals surface area contributed by atoms with Crippen LogP contribution in [0.2, 0.25) is 0 Å². The quantitative estimate of drug-likeness (QED) is 0.677. The van der Waals surface area contributed by atoms with E-state index in [9.17, 15) is 9.59 Å². The number of ether oxygens (including phenoxy) is 1. The molecule has 2 aromatic rings. The molecular weight excluding hydrogens is 400 g/mol. The van der Waals surface area contributed by atoms with Crippen molar-refractivity contribution in [3.05, 3.63) is 59.7 Å². The lowest BCUT2D eigenvalue weighted by atomic mass is 9.78. The number of likely N-dealkylation sites (tertiary alicyclic amines) is 2. The molecule has 2 amide bonds. The lowest BCUT2D eigenvalue weighted by molar-refractivity contribution is -0.140. The molecule has 0 unspecified atom stereocenters. The van der Waals surface area contributed by atoms with E-state index in [0.717, 1.165) is 38.9 Å². The first-order chi connectivity index (χ1) is 15.7. The van der Waals surface area contributed by atoms with Crippen LogP contribution in [0.5, 0.6) is 0 Å². The maximum Gasteiger partial charge on any atom is 0.320 e. The van der Waals surface area contributed by atoms with Crippen molar-refractivity contribution in [2.75, 3.05) is 32.8 Å². The summed E-state index contributed by atoms with van der Waals surface area (Å²) in [5.74, 6) is 1.32. The minimum atomic E-state index is 0.144. The fraction of sp³-hybridized carbons (Fsp3) is 0.481. The number of piperidine rings is 2. The maximum atomic E-state index is 13.3. The molecule has 32 heavy (non-hydrogen) atoms. The van der Waals surface area contributed by atoms with Crippen LogP contribution >= 0.6 is 0 Å². The lowest BCUT2D eigenvalue weighted by Crippen LogP contribution is -2.54. The summed E-state index contributed by atoms with van der Waals surface area (Å²) in [6, 6.07) is 17.8. The number of nitrogens with zero attached hydrogens (tertiary/aromatic N) is 2. The van der Waals surface area contributed by atoms with Gasteiger partial charge in [0.2, 0.25) is 0 Å². The number of Topliss-reactive ketones (excluding diaryl/α,β-unsaturated/α-hetero) is 1. The molecule has 6 rings (SSSR count). The van der Waals surface area contributed by atoms with E-state index in [1.165, 1.54) is 22.3 Å². The average Bonchev–Trinajstić information content (AvgIpc) is 3.18. The third-order valence-electron chi connectivity index (χ3n) is 8.05. The summed E-state index contributed by atoms with van der Waals surface area (Å²) in [5.41, 5.74) is 5.64. The zero-order chi connectivity index (χ0) is 21.7. The molecule has 1 aliphatic carbocycles. The van der Waals surface area contributed by atoms with E-state index in [1.54, 1.807) is 0 Å². The number of carbonyl (C=O) groups is 2. The molecule has 3 aliphatic heterocycles. The van der Waals surface area contributed by atoms with Crippen LogP contribution in [0.15, 0.2) is 48.5 Å². The Balaban J connectivity index is 1.13. The van der Waals surface area contributed by atoms with Crippen molar-refractivity contribution < 1.29 is 14.3 Å². The van der Waals surface area contributed by atoms with Crippen molar-refractivity contribution in [3.8, 4) is 11.1 Å². The molecular formula is C27H30N2O3. The van der Waals surface area contributed by atoms with Crippen LogP contribution in [-0.4, -0.2) is 60.5 Å². The summed E-state index contributed by atoms with van der Waals surface area (Å²) in [4.78, 5) is 29.1. The van der Waals surface area contributed by atoms with Crippen molar-refractivity contribution in [1.29, 1.82) is 0 Å². The maximum absolute atomic E-state index is 13.3. The molecule has 3 saturated heterocycles. The normalized spacial score (nSPS) is 25.9. The Labute approximate surface area is 189 Å². The SMILES string of the molecule is O=C1CO[C@H]2CCN(C(=O)N3CCC(C4c5ccccc5-c5ccccc54)CC3)C[C@H]2C1. The van der Waals surface area contributed by atoms with Crippen molar-refractivity contribution in [1.82, 2.24) is 9.80 Å². The fourth-order valence-corrected chi connectivity index (χ4v) is 6.48. The molecule has 3 heterocycles. The van der Waals surface area contributed by atoms with Gasteiger partial charge in [-0.05, 0) is 47.4 Å². The van der Waals surface area contributed by atoms with Gasteiger partial charge in [0.05, 0.1) is 6.10 Å². The van der Waals surface area contributed by atoms with Crippen molar-refractivity contribution >= 4 is 11.8 Å². The van der Waals surface area contributed by atoms with Gasteiger partial charge in [-0.25, -0.2) is 4.79 Å². The highest BCUT2D eigenvalue weighted by Gasteiger charge is 2.40. The van der Waals surface area contributed by atoms with E-state index in [1.807, 2.05) is 9.80 Å². The monoisotopic (exact) mass is 430 g/mol. The molecule has 2 aromatic carbocycles. The number of rotatable bonds is 1. The van der Waals surface area contributed by atoms with Crippen LogP contribution in [-0.2, 0) is 9.53 Å². The Morgan fingerprint density at radius 2 is 1.44 bits per heavy atom. The number of fused-ring (bicyclic) bond motifs is 4. The smallest absolute Gasteiger partial charge is 0.320 e. The van der Waals surface area contributed by atoms with E-state index >= 15 is 0 Å². The minimum Gasteiger partial charge on any atom is -0.370 e. The van der Waals surface area contributed by atoms with Crippen molar-refractivity contribution in [2.24, 2.45) is 11.8 Å². The van der Waals surface area contributed by atoms with Gasteiger partial charge in [-0.2, -0.15) is 0 Å². The topological polar surface area (TPSA) is 49.9 Å². The fourth-order valence-electron chi connectivity index (χ4n) is 6.48. The van der Waals surface area contributed by atoms with E-state index in [-0.39, 0.29) is 30.4 Å². The Kier molecular flexibility index (Phi) is 5.02. The molecule has 0 N–H and O–H groups in total. The van der Waals surface area contributed by atoms with Gasteiger partial charge in [0, 0.05) is 44.4 Å². The number of benzene rings is 2. The Morgan fingerprint density at radius 1 is 0.812 bits per heavy atom. The number of hydrogen-bond acceptors (Lipinski definition) is 3. The highest BCUT2D eigenvalue weighted by atomic mass is 16.5. The van der Waals surface area contributed by atoms with Gasteiger partial charge < -0.3 is 14.5 Å². The molecule has 5 nitrogen and oxygen atoms in total. The molecule has 0 aromatic heterocycles. The second kappa shape index (κ2) is 8.04. The summed E-state index contributed by atoms with van der Waals surface area (Å²) >= 11 is 0. The Morgan fingerprint density at radius 3 is 2.12 bits per heavy atom. The summed E-state index contributed by atoms with van der Waals surface area (Å²) in [5, 5.41) is 0. The van der Waals surface area contributed by atoms with Gasteiger partial charge in [-0.15, -0.1) is 0 Å². The van der Waals surface area contributed by atoms with Gasteiger partial charge in [0.25, 0.3) is 0 Å². The second-order valence-corrected chi connectivity index (χ2v) is 9.85. The van der Waals surface area contributed by atoms with Crippen LogP contribution in [0, 0.1) is 11.8 Å². The number of urea groups is 1. The zero-order valence-corrected chi connectivity index (χ0v) is 18.4. The molecule has 0 saturated carbocycles.